The Balaban J connectivity index is 1.61. The first kappa shape index (κ1) is 15.5. The van der Waals surface area contributed by atoms with Crippen molar-refractivity contribution < 1.29 is 14.7 Å². The van der Waals surface area contributed by atoms with Crippen molar-refractivity contribution >= 4 is 22.6 Å². The molecule has 3 N–H and O–H groups in total. The average Bonchev–Trinajstić information content (AvgIpc) is 3.09. The normalized spacial score (nSPS) is 13.6. The summed E-state index contributed by atoms with van der Waals surface area (Å²) >= 11 is 0. The van der Waals surface area contributed by atoms with E-state index in [-0.39, 0.29) is 5.69 Å². The standard InChI is InChI=1S/C18H18N4O3/c1-25-13-3-5-14-12(8-13)9-17(20-14)22-7-6-15-11(10-22)2-4-16(19-15)18(23)21-24/h2-5,8-9,20,24H,6-7,10H2,1H3,(H,21,23). The Morgan fingerprint density at radius 3 is 3.00 bits per heavy atom. The molecule has 0 saturated carbocycles. The highest BCUT2D eigenvalue weighted by molar-refractivity contribution is 5.91. The van der Waals surface area contributed by atoms with Crippen LogP contribution in [-0.2, 0) is 13.0 Å². The molecule has 0 spiro atoms. The second-order valence-electron chi connectivity index (χ2n) is 6.02. The van der Waals surface area contributed by atoms with E-state index in [2.05, 4.69) is 20.9 Å². The van der Waals surface area contributed by atoms with Crippen molar-refractivity contribution in [3.05, 3.63) is 53.3 Å². The number of hydrogen-bond acceptors (Lipinski definition) is 5. The number of anilines is 1. The number of carbonyl (C=O) groups excluding carboxylic acids is 1. The maximum atomic E-state index is 11.5. The number of rotatable bonds is 3. The van der Waals surface area contributed by atoms with E-state index in [1.165, 1.54) is 0 Å². The SMILES string of the molecule is COc1ccc2[nH]c(N3CCc4nc(C(=O)NO)ccc4C3)cc2c1. The minimum absolute atomic E-state index is 0.229. The fraction of sp³-hybridized carbons (Fsp3) is 0.222. The fourth-order valence-electron chi connectivity index (χ4n) is 3.20. The van der Waals surface area contributed by atoms with E-state index in [9.17, 15) is 4.79 Å². The molecule has 0 fully saturated rings. The third-order valence-electron chi connectivity index (χ3n) is 4.54. The number of aromatic amines is 1. The highest BCUT2D eigenvalue weighted by Crippen LogP contribution is 2.28. The number of nitrogens with one attached hydrogen (secondary N) is 2. The molecule has 7 nitrogen and oxygen atoms in total. The molecule has 1 aliphatic heterocycles. The zero-order chi connectivity index (χ0) is 17.4. The minimum atomic E-state index is -0.588. The van der Waals surface area contributed by atoms with Gasteiger partial charge < -0.3 is 14.6 Å². The number of amides is 1. The Morgan fingerprint density at radius 2 is 2.20 bits per heavy atom. The minimum Gasteiger partial charge on any atom is -0.497 e. The highest BCUT2D eigenvalue weighted by Gasteiger charge is 2.20. The second kappa shape index (κ2) is 6.10. The number of fused-ring (bicyclic) bond motifs is 2. The van der Waals surface area contributed by atoms with Crippen molar-refractivity contribution in [1.82, 2.24) is 15.4 Å². The van der Waals surface area contributed by atoms with E-state index in [4.69, 9.17) is 9.94 Å². The van der Waals surface area contributed by atoms with Crippen molar-refractivity contribution in [2.45, 2.75) is 13.0 Å². The van der Waals surface area contributed by atoms with E-state index in [1.54, 1.807) is 18.7 Å². The first-order chi connectivity index (χ1) is 12.2. The number of pyridine rings is 1. The molecule has 2 aromatic heterocycles. The van der Waals surface area contributed by atoms with E-state index >= 15 is 0 Å². The fourth-order valence-corrected chi connectivity index (χ4v) is 3.20. The Kier molecular flexibility index (Phi) is 3.77. The highest BCUT2D eigenvalue weighted by atomic mass is 16.5. The maximum absolute atomic E-state index is 11.5. The van der Waals surface area contributed by atoms with Crippen LogP contribution in [0.4, 0.5) is 5.82 Å². The van der Waals surface area contributed by atoms with Gasteiger partial charge in [-0.05, 0) is 35.9 Å². The zero-order valence-corrected chi connectivity index (χ0v) is 13.7. The molecule has 7 heteroatoms. The van der Waals surface area contributed by atoms with Crippen molar-refractivity contribution in [3.8, 4) is 5.75 Å². The number of aromatic nitrogens is 2. The van der Waals surface area contributed by atoms with Gasteiger partial charge in [0.1, 0.15) is 17.3 Å². The third kappa shape index (κ3) is 2.78. The molecule has 0 atom stereocenters. The van der Waals surface area contributed by atoms with Crippen LogP contribution in [0.2, 0.25) is 0 Å². The summed E-state index contributed by atoms with van der Waals surface area (Å²) in [6, 6.07) is 11.6. The lowest BCUT2D eigenvalue weighted by Crippen LogP contribution is -2.32. The summed E-state index contributed by atoms with van der Waals surface area (Å²) in [7, 11) is 1.66. The number of carbonyl (C=O) groups is 1. The smallest absolute Gasteiger partial charge is 0.293 e. The molecular formula is C18H18N4O3. The molecule has 1 aliphatic rings. The molecule has 0 saturated heterocycles. The van der Waals surface area contributed by atoms with Gasteiger partial charge in [-0.1, -0.05) is 6.07 Å². The van der Waals surface area contributed by atoms with Crippen LogP contribution >= 0.6 is 0 Å². The van der Waals surface area contributed by atoms with Crippen LogP contribution in [0, 0.1) is 0 Å². The molecule has 0 aliphatic carbocycles. The molecule has 3 aromatic rings. The maximum Gasteiger partial charge on any atom is 0.293 e. The molecule has 1 amide bonds. The predicted octanol–water partition coefficient (Wildman–Crippen LogP) is 2.25. The van der Waals surface area contributed by atoms with Crippen LogP contribution in [0.3, 0.4) is 0 Å². The van der Waals surface area contributed by atoms with Gasteiger partial charge in [0, 0.05) is 36.1 Å². The quantitative estimate of drug-likeness (QED) is 0.503. The number of hydroxylamine groups is 1. The summed E-state index contributed by atoms with van der Waals surface area (Å²) in [6.07, 6.45) is 0.737. The summed E-state index contributed by atoms with van der Waals surface area (Å²) in [4.78, 5) is 21.5. The number of nitrogens with zero attached hydrogens (tertiary/aromatic N) is 2. The van der Waals surface area contributed by atoms with E-state index < -0.39 is 5.91 Å². The molecule has 3 heterocycles. The summed E-state index contributed by atoms with van der Waals surface area (Å²) in [6.45, 7) is 1.52. The largest absolute Gasteiger partial charge is 0.497 e. The average molecular weight is 338 g/mol. The van der Waals surface area contributed by atoms with Gasteiger partial charge in [-0.2, -0.15) is 0 Å². The summed E-state index contributed by atoms with van der Waals surface area (Å²) in [5.41, 5.74) is 4.89. The number of H-pyrrole nitrogens is 1. The lowest BCUT2D eigenvalue weighted by atomic mass is 10.0. The Morgan fingerprint density at radius 1 is 1.32 bits per heavy atom. The van der Waals surface area contributed by atoms with Gasteiger partial charge in [-0.15, -0.1) is 0 Å². The number of methoxy groups -OCH3 is 1. The molecule has 0 unspecified atom stereocenters. The summed E-state index contributed by atoms with van der Waals surface area (Å²) < 4.78 is 5.28. The lowest BCUT2D eigenvalue weighted by molar-refractivity contribution is 0.0700. The summed E-state index contributed by atoms with van der Waals surface area (Å²) in [5.74, 6) is 1.29. The van der Waals surface area contributed by atoms with Gasteiger partial charge in [-0.3, -0.25) is 10.0 Å². The lowest BCUT2D eigenvalue weighted by Gasteiger charge is -2.29. The molecule has 0 bridgehead atoms. The molecule has 128 valence electrons. The van der Waals surface area contributed by atoms with Gasteiger partial charge in [0.25, 0.3) is 5.91 Å². The van der Waals surface area contributed by atoms with Gasteiger partial charge in [0.15, 0.2) is 0 Å². The van der Waals surface area contributed by atoms with Crippen LogP contribution in [0.25, 0.3) is 10.9 Å². The van der Waals surface area contributed by atoms with Gasteiger partial charge in [-0.25, -0.2) is 10.5 Å². The van der Waals surface area contributed by atoms with Crippen molar-refractivity contribution in [3.63, 3.8) is 0 Å². The molecular weight excluding hydrogens is 320 g/mol. The van der Waals surface area contributed by atoms with Crippen LogP contribution in [0.1, 0.15) is 21.7 Å². The molecule has 1 aromatic carbocycles. The monoisotopic (exact) mass is 338 g/mol. The van der Waals surface area contributed by atoms with E-state index in [0.717, 1.165) is 46.7 Å². The number of benzene rings is 1. The Bertz CT molecular complexity index is 951. The zero-order valence-electron chi connectivity index (χ0n) is 13.7. The van der Waals surface area contributed by atoms with Crippen LogP contribution in [0.15, 0.2) is 36.4 Å². The van der Waals surface area contributed by atoms with Crippen molar-refractivity contribution in [2.24, 2.45) is 0 Å². The van der Waals surface area contributed by atoms with E-state index in [0.29, 0.717) is 6.54 Å². The summed E-state index contributed by atoms with van der Waals surface area (Å²) in [5, 5.41) is 9.83. The first-order valence-corrected chi connectivity index (χ1v) is 8.03. The van der Waals surface area contributed by atoms with Crippen LogP contribution in [0.5, 0.6) is 5.75 Å². The Labute approximate surface area is 144 Å². The first-order valence-electron chi connectivity index (χ1n) is 8.03. The van der Waals surface area contributed by atoms with E-state index in [1.807, 2.05) is 24.3 Å². The van der Waals surface area contributed by atoms with Gasteiger partial charge >= 0.3 is 0 Å². The number of ether oxygens (including phenoxy) is 1. The van der Waals surface area contributed by atoms with Crippen molar-refractivity contribution in [2.75, 3.05) is 18.6 Å². The molecule has 4 rings (SSSR count). The Hall–Kier alpha value is -3.06. The van der Waals surface area contributed by atoms with Crippen LogP contribution in [-0.4, -0.2) is 34.7 Å². The number of hydrogen-bond donors (Lipinski definition) is 3. The van der Waals surface area contributed by atoms with Crippen LogP contribution < -0.4 is 15.1 Å². The third-order valence-corrected chi connectivity index (χ3v) is 4.54. The van der Waals surface area contributed by atoms with Gasteiger partial charge in [0.2, 0.25) is 0 Å². The van der Waals surface area contributed by atoms with Gasteiger partial charge in [0.05, 0.1) is 7.11 Å². The predicted molar refractivity (Wildman–Crippen MR) is 93.1 cm³/mol. The molecule has 0 radical (unpaired) electrons. The van der Waals surface area contributed by atoms with Crippen molar-refractivity contribution in [1.29, 1.82) is 0 Å². The molecule has 25 heavy (non-hydrogen) atoms. The second-order valence-corrected chi connectivity index (χ2v) is 6.02. The topological polar surface area (TPSA) is 90.5 Å².